The van der Waals surface area contributed by atoms with Gasteiger partial charge in [0.05, 0.1) is 0 Å². The molecule has 0 aliphatic carbocycles. The molecule has 0 bridgehead atoms. The number of nitrogens with one attached hydrogen (secondary N) is 1. The molecule has 0 aromatic carbocycles. The molecule has 0 radical (unpaired) electrons. The fourth-order valence-electron chi connectivity index (χ4n) is 1.63. The second-order valence-electron chi connectivity index (χ2n) is 4.00. The van der Waals surface area contributed by atoms with E-state index in [9.17, 15) is 0 Å². The summed E-state index contributed by atoms with van der Waals surface area (Å²) in [6.07, 6.45) is 3.67. The zero-order valence-corrected chi connectivity index (χ0v) is 12.3. The van der Waals surface area contributed by atoms with E-state index in [-0.39, 0.29) is 0 Å². The average Bonchev–Trinajstić information content (AvgIpc) is 2.67. The first-order chi connectivity index (χ1) is 8.16. The minimum atomic E-state index is 0.346. The molecule has 1 N–H and O–H groups in total. The molecule has 0 aliphatic rings. The summed E-state index contributed by atoms with van der Waals surface area (Å²) in [5.41, 5.74) is 1.27. The number of hydrogen-bond donors (Lipinski definition) is 1. The van der Waals surface area contributed by atoms with E-state index in [2.05, 4.69) is 46.1 Å². The van der Waals surface area contributed by atoms with Crippen LogP contribution in [0, 0.1) is 6.92 Å². The third-order valence-electron chi connectivity index (χ3n) is 2.70. The molecule has 17 heavy (non-hydrogen) atoms. The Labute approximate surface area is 114 Å². The number of pyridine rings is 1. The second-order valence-corrected chi connectivity index (χ2v) is 6.20. The van der Waals surface area contributed by atoms with Gasteiger partial charge in [-0.2, -0.15) is 0 Å². The monoisotopic (exact) mass is 310 g/mol. The summed E-state index contributed by atoms with van der Waals surface area (Å²) in [5.74, 6) is 0. The van der Waals surface area contributed by atoms with Gasteiger partial charge in [0.15, 0.2) is 0 Å². The molecule has 0 fully saturated rings. The molecule has 0 spiro atoms. The highest BCUT2D eigenvalue weighted by molar-refractivity contribution is 9.10. The lowest BCUT2D eigenvalue weighted by Gasteiger charge is -2.12. The number of aryl methyl sites for hydroxylation is 1. The zero-order valence-electron chi connectivity index (χ0n) is 9.90. The third-order valence-corrected chi connectivity index (χ3v) is 4.83. The van der Waals surface area contributed by atoms with E-state index in [1.165, 1.54) is 19.8 Å². The van der Waals surface area contributed by atoms with E-state index in [4.69, 9.17) is 0 Å². The van der Waals surface area contributed by atoms with Gasteiger partial charge in [0, 0.05) is 39.2 Å². The van der Waals surface area contributed by atoms with E-state index < -0.39 is 0 Å². The predicted octanol–water partition coefficient (Wildman–Crippen LogP) is 4.06. The first-order valence-electron chi connectivity index (χ1n) is 5.55. The quantitative estimate of drug-likeness (QED) is 0.921. The normalized spacial score (nSPS) is 12.6. The average molecular weight is 311 g/mol. The first-order valence-corrected chi connectivity index (χ1v) is 7.16. The molecule has 4 heteroatoms. The van der Waals surface area contributed by atoms with Crippen LogP contribution in [0.25, 0.3) is 0 Å². The van der Waals surface area contributed by atoms with Crippen LogP contribution in [0.2, 0.25) is 0 Å². The number of halogens is 1. The molecule has 0 amide bonds. The van der Waals surface area contributed by atoms with Crippen LogP contribution in [0.1, 0.15) is 28.3 Å². The van der Waals surface area contributed by atoms with E-state index in [1.54, 1.807) is 0 Å². The Morgan fingerprint density at radius 2 is 2.12 bits per heavy atom. The molecular formula is C13H15BrN2S. The van der Waals surface area contributed by atoms with E-state index in [1.807, 2.05) is 35.9 Å². The Hall–Kier alpha value is -0.710. The molecule has 2 heterocycles. The summed E-state index contributed by atoms with van der Waals surface area (Å²) in [6.45, 7) is 5.20. The van der Waals surface area contributed by atoms with Crippen molar-refractivity contribution in [3.8, 4) is 0 Å². The van der Waals surface area contributed by atoms with Crippen LogP contribution in [-0.2, 0) is 6.54 Å². The molecule has 0 saturated carbocycles. The van der Waals surface area contributed by atoms with Crippen molar-refractivity contribution < 1.29 is 0 Å². The number of rotatable bonds is 4. The van der Waals surface area contributed by atoms with E-state index in [0.29, 0.717) is 6.04 Å². The van der Waals surface area contributed by atoms with Gasteiger partial charge in [0.2, 0.25) is 0 Å². The maximum atomic E-state index is 4.03. The largest absolute Gasteiger partial charge is 0.305 e. The summed E-state index contributed by atoms with van der Waals surface area (Å²) in [6, 6.07) is 6.63. The Kier molecular flexibility index (Phi) is 4.31. The number of hydrogen-bond acceptors (Lipinski definition) is 3. The number of nitrogens with zero attached hydrogens (tertiary/aromatic N) is 1. The van der Waals surface area contributed by atoms with Gasteiger partial charge < -0.3 is 5.32 Å². The van der Waals surface area contributed by atoms with E-state index in [0.717, 1.165) is 6.54 Å². The standard InChI is InChI=1S/C13H15BrN2S/c1-9(11-3-5-15-6-4-11)16-8-12-7-13(14)10(2)17-12/h3-7,9,16H,8H2,1-2H3. The van der Waals surface area contributed by atoms with Gasteiger partial charge in [-0.05, 0) is 53.5 Å². The second kappa shape index (κ2) is 5.76. The van der Waals surface area contributed by atoms with Crippen molar-refractivity contribution in [1.29, 1.82) is 0 Å². The number of aromatic nitrogens is 1. The lowest BCUT2D eigenvalue weighted by molar-refractivity contribution is 0.578. The van der Waals surface area contributed by atoms with Crippen LogP contribution in [0.5, 0.6) is 0 Å². The van der Waals surface area contributed by atoms with Crippen molar-refractivity contribution >= 4 is 27.3 Å². The summed E-state index contributed by atoms with van der Waals surface area (Å²) >= 11 is 5.37. The molecule has 1 unspecified atom stereocenters. The van der Waals surface area contributed by atoms with Gasteiger partial charge in [-0.1, -0.05) is 0 Å². The SMILES string of the molecule is Cc1sc(CNC(C)c2ccncc2)cc1Br. The smallest absolute Gasteiger partial charge is 0.0314 e. The van der Waals surface area contributed by atoms with Crippen LogP contribution < -0.4 is 5.32 Å². The van der Waals surface area contributed by atoms with Crippen molar-refractivity contribution in [2.75, 3.05) is 0 Å². The minimum absolute atomic E-state index is 0.346. The van der Waals surface area contributed by atoms with Crippen molar-refractivity contribution in [2.24, 2.45) is 0 Å². The maximum Gasteiger partial charge on any atom is 0.0314 e. The van der Waals surface area contributed by atoms with Crippen molar-refractivity contribution in [2.45, 2.75) is 26.4 Å². The molecule has 2 aromatic heterocycles. The lowest BCUT2D eigenvalue weighted by atomic mass is 10.1. The molecule has 90 valence electrons. The molecule has 2 aromatic rings. The van der Waals surface area contributed by atoms with Crippen molar-refractivity contribution in [3.63, 3.8) is 0 Å². The zero-order chi connectivity index (χ0) is 12.3. The fraction of sp³-hybridized carbons (Fsp3) is 0.308. The van der Waals surface area contributed by atoms with Crippen LogP contribution in [0.3, 0.4) is 0 Å². The van der Waals surface area contributed by atoms with Gasteiger partial charge >= 0.3 is 0 Å². The highest BCUT2D eigenvalue weighted by Crippen LogP contribution is 2.26. The van der Waals surface area contributed by atoms with Gasteiger partial charge in [0.1, 0.15) is 0 Å². The molecule has 0 saturated heterocycles. The fourth-order valence-corrected chi connectivity index (χ4v) is 3.18. The van der Waals surface area contributed by atoms with Crippen LogP contribution >= 0.6 is 27.3 Å². The summed E-state index contributed by atoms with van der Waals surface area (Å²) in [7, 11) is 0. The minimum Gasteiger partial charge on any atom is -0.305 e. The molecule has 2 nitrogen and oxygen atoms in total. The summed E-state index contributed by atoms with van der Waals surface area (Å²) in [4.78, 5) is 6.72. The van der Waals surface area contributed by atoms with Crippen molar-refractivity contribution in [3.05, 3.63) is 50.4 Å². The summed E-state index contributed by atoms with van der Waals surface area (Å²) in [5, 5.41) is 3.52. The number of thiophene rings is 1. The van der Waals surface area contributed by atoms with Crippen molar-refractivity contribution in [1.82, 2.24) is 10.3 Å². The highest BCUT2D eigenvalue weighted by atomic mass is 79.9. The highest BCUT2D eigenvalue weighted by Gasteiger charge is 2.06. The van der Waals surface area contributed by atoms with Gasteiger partial charge in [-0.15, -0.1) is 11.3 Å². The molecule has 2 rings (SSSR count). The van der Waals surface area contributed by atoms with Crippen LogP contribution in [-0.4, -0.2) is 4.98 Å². The van der Waals surface area contributed by atoms with Crippen LogP contribution in [0.15, 0.2) is 35.1 Å². The van der Waals surface area contributed by atoms with Gasteiger partial charge in [-0.25, -0.2) is 0 Å². The first kappa shape index (κ1) is 12.7. The summed E-state index contributed by atoms with van der Waals surface area (Å²) < 4.78 is 1.20. The predicted molar refractivity (Wildman–Crippen MR) is 76.2 cm³/mol. The topological polar surface area (TPSA) is 24.9 Å². The van der Waals surface area contributed by atoms with Gasteiger partial charge in [-0.3, -0.25) is 4.98 Å². The Bertz CT molecular complexity index is 462. The molecule has 1 atom stereocenters. The maximum absolute atomic E-state index is 4.03. The Morgan fingerprint density at radius 1 is 1.41 bits per heavy atom. The third kappa shape index (κ3) is 3.37. The van der Waals surface area contributed by atoms with Crippen LogP contribution in [0.4, 0.5) is 0 Å². The van der Waals surface area contributed by atoms with Gasteiger partial charge in [0.25, 0.3) is 0 Å². The molecular weight excluding hydrogens is 296 g/mol. The Balaban J connectivity index is 1.94. The Morgan fingerprint density at radius 3 is 2.71 bits per heavy atom. The van der Waals surface area contributed by atoms with E-state index >= 15 is 0 Å². The lowest BCUT2D eigenvalue weighted by Crippen LogP contribution is -2.17. The molecule has 0 aliphatic heterocycles.